The Morgan fingerprint density at radius 1 is 1.07 bits per heavy atom. The van der Waals surface area contributed by atoms with E-state index in [1.54, 1.807) is 14.0 Å². The summed E-state index contributed by atoms with van der Waals surface area (Å²) in [6, 6.07) is 11.9. The van der Waals surface area contributed by atoms with Crippen LogP contribution in [0.5, 0.6) is 5.75 Å². The number of methoxy groups -OCH3 is 1. The molecule has 0 aliphatic carbocycles. The second-order valence-electron chi connectivity index (χ2n) is 6.96. The number of carbonyl (C=O) groups excluding carboxylic acids is 1. The first-order valence-electron chi connectivity index (χ1n) is 9.39. The number of alkyl halides is 3. The predicted molar refractivity (Wildman–Crippen MR) is 106 cm³/mol. The van der Waals surface area contributed by atoms with Crippen LogP contribution in [0.2, 0.25) is 0 Å². The maximum absolute atomic E-state index is 12.6. The molecule has 2 aromatic carbocycles. The van der Waals surface area contributed by atoms with E-state index in [-0.39, 0.29) is 11.9 Å². The zero-order chi connectivity index (χ0) is 21.0. The highest BCUT2D eigenvalue weighted by Gasteiger charge is 2.30. The third-order valence-electron chi connectivity index (χ3n) is 5.14. The van der Waals surface area contributed by atoms with Gasteiger partial charge in [-0.2, -0.15) is 13.2 Å². The minimum Gasteiger partial charge on any atom is -0.497 e. The van der Waals surface area contributed by atoms with Crippen molar-refractivity contribution in [1.29, 1.82) is 0 Å². The van der Waals surface area contributed by atoms with Gasteiger partial charge in [-0.1, -0.05) is 6.07 Å². The number of hydrogen-bond donors (Lipinski definition) is 1. The Hall–Kier alpha value is -2.74. The Balaban J connectivity index is 1.54. The molecule has 0 aromatic heterocycles. The third-order valence-corrected chi connectivity index (χ3v) is 5.14. The van der Waals surface area contributed by atoms with Crippen molar-refractivity contribution in [2.45, 2.75) is 19.1 Å². The van der Waals surface area contributed by atoms with Gasteiger partial charge in [0, 0.05) is 43.6 Å². The Morgan fingerprint density at radius 2 is 1.72 bits per heavy atom. The van der Waals surface area contributed by atoms with Crippen molar-refractivity contribution in [3.05, 3.63) is 54.1 Å². The van der Waals surface area contributed by atoms with E-state index in [9.17, 15) is 18.0 Å². The van der Waals surface area contributed by atoms with Crippen LogP contribution in [0.4, 0.5) is 24.5 Å². The van der Waals surface area contributed by atoms with E-state index < -0.39 is 11.7 Å². The number of rotatable bonds is 5. The van der Waals surface area contributed by atoms with Gasteiger partial charge >= 0.3 is 6.18 Å². The van der Waals surface area contributed by atoms with Crippen molar-refractivity contribution in [3.63, 3.8) is 0 Å². The molecule has 2 aromatic rings. The molecule has 0 unspecified atom stereocenters. The zero-order valence-corrected chi connectivity index (χ0v) is 16.4. The molecular weight excluding hydrogens is 383 g/mol. The van der Waals surface area contributed by atoms with Crippen LogP contribution in [0.3, 0.4) is 0 Å². The third kappa shape index (κ3) is 5.20. The number of amides is 1. The molecule has 1 amide bonds. The molecule has 1 atom stereocenters. The highest BCUT2D eigenvalue weighted by molar-refractivity contribution is 5.94. The Labute approximate surface area is 168 Å². The molecule has 1 N–H and O–H groups in total. The van der Waals surface area contributed by atoms with Crippen LogP contribution in [0.25, 0.3) is 0 Å². The van der Waals surface area contributed by atoms with Gasteiger partial charge in [0.2, 0.25) is 5.91 Å². The molecule has 1 saturated heterocycles. The first-order valence-corrected chi connectivity index (χ1v) is 9.39. The molecule has 3 rings (SSSR count). The van der Waals surface area contributed by atoms with Gasteiger partial charge in [-0.15, -0.1) is 0 Å². The van der Waals surface area contributed by atoms with E-state index in [0.717, 1.165) is 36.7 Å². The minimum absolute atomic E-state index is 0.236. The second kappa shape index (κ2) is 8.73. The van der Waals surface area contributed by atoms with Gasteiger partial charge < -0.3 is 15.0 Å². The van der Waals surface area contributed by atoms with Crippen LogP contribution < -0.4 is 15.0 Å². The van der Waals surface area contributed by atoms with Gasteiger partial charge in [-0.3, -0.25) is 9.69 Å². The normalized spacial score (nSPS) is 16.4. The van der Waals surface area contributed by atoms with E-state index in [1.807, 2.05) is 24.3 Å². The van der Waals surface area contributed by atoms with Crippen LogP contribution in [-0.2, 0) is 11.0 Å². The molecule has 1 fully saturated rings. The van der Waals surface area contributed by atoms with Crippen molar-refractivity contribution in [1.82, 2.24) is 4.90 Å². The lowest BCUT2D eigenvalue weighted by molar-refractivity contribution is -0.137. The lowest BCUT2D eigenvalue weighted by Gasteiger charge is -2.38. The van der Waals surface area contributed by atoms with Crippen molar-refractivity contribution in [2.24, 2.45) is 0 Å². The number of benzene rings is 2. The van der Waals surface area contributed by atoms with Crippen LogP contribution in [0, 0.1) is 0 Å². The molecule has 0 radical (unpaired) electrons. The fourth-order valence-corrected chi connectivity index (χ4v) is 3.33. The first-order chi connectivity index (χ1) is 13.8. The smallest absolute Gasteiger partial charge is 0.416 e. The van der Waals surface area contributed by atoms with Gasteiger partial charge in [0.1, 0.15) is 5.75 Å². The van der Waals surface area contributed by atoms with E-state index >= 15 is 0 Å². The second-order valence-corrected chi connectivity index (χ2v) is 6.96. The molecule has 1 heterocycles. The molecule has 0 bridgehead atoms. The average Bonchev–Trinajstić information content (AvgIpc) is 2.73. The maximum Gasteiger partial charge on any atom is 0.416 e. The van der Waals surface area contributed by atoms with Crippen LogP contribution in [0.15, 0.2) is 48.5 Å². The molecule has 1 aliphatic heterocycles. The fourth-order valence-electron chi connectivity index (χ4n) is 3.33. The minimum atomic E-state index is -4.39. The van der Waals surface area contributed by atoms with Gasteiger partial charge in [0.15, 0.2) is 0 Å². The lowest BCUT2D eigenvalue weighted by Crippen LogP contribution is -2.52. The fraction of sp³-hybridized carbons (Fsp3) is 0.381. The van der Waals surface area contributed by atoms with Crippen molar-refractivity contribution in [2.75, 3.05) is 43.5 Å². The van der Waals surface area contributed by atoms with Gasteiger partial charge in [-0.25, -0.2) is 0 Å². The summed E-state index contributed by atoms with van der Waals surface area (Å²) < 4.78 is 43.2. The van der Waals surface area contributed by atoms with Crippen molar-refractivity contribution >= 4 is 17.3 Å². The van der Waals surface area contributed by atoms with Crippen LogP contribution in [-0.4, -0.2) is 50.1 Å². The van der Waals surface area contributed by atoms with Gasteiger partial charge in [0.05, 0.1) is 18.7 Å². The molecule has 0 spiro atoms. The lowest BCUT2D eigenvalue weighted by atomic mass is 10.1. The topological polar surface area (TPSA) is 44.8 Å². The van der Waals surface area contributed by atoms with E-state index in [0.29, 0.717) is 18.8 Å². The average molecular weight is 407 g/mol. The number of halogens is 3. The predicted octanol–water partition coefficient (Wildman–Crippen LogP) is 3.86. The Kier molecular flexibility index (Phi) is 6.32. The van der Waals surface area contributed by atoms with E-state index in [2.05, 4.69) is 15.1 Å². The van der Waals surface area contributed by atoms with E-state index in [4.69, 9.17) is 4.74 Å². The molecule has 8 heteroatoms. The summed E-state index contributed by atoms with van der Waals surface area (Å²) >= 11 is 0. The monoisotopic (exact) mass is 407 g/mol. The highest BCUT2D eigenvalue weighted by Crippen LogP contribution is 2.30. The number of anilines is 2. The summed E-state index contributed by atoms with van der Waals surface area (Å²) in [7, 11) is 1.63. The standard InChI is InChI=1S/C21H24F3N3O2/c1-15(20(28)25-17-8-6-16(7-9-17)21(22,23)24)26-10-12-27(13-11-26)18-4-3-5-19(14-18)29-2/h3-9,14-15H,10-13H2,1-2H3,(H,25,28)/t15-/m1/s1. The summed E-state index contributed by atoms with van der Waals surface area (Å²) in [4.78, 5) is 16.8. The van der Waals surface area contributed by atoms with Crippen molar-refractivity contribution in [3.8, 4) is 5.75 Å². The first kappa shape index (κ1) is 21.0. The summed E-state index contributed by atoms with van der Waals surface area (Å²) in [6.45, 7) is 4.76. The number of hydrogen-bond acceptors (Lipinski definition) is 4. The molecular formula is C21H24F3N3O2. The Bertz CT molecular complexity index is 832. The molecule has 156 valence electrons. The molecule has 1 aliphatic rings. The zero-order valence-electron chi connectivity index (χ0n) is 16.4. The SMILES string of the molecule is COc1cccc(N2CCN([C@H](C)C(=O)Nc3ccc(C(F)(F)F)cc3)CC2)c1. The van der Waals surface area contributed by atoms with Crippen LogP contribution >= 0.6 is 0 Å². The number of nitrogens with one attached hydrogen (secondary N) is 1. The summed E-state index contributed by atoms with van der Waals surface area (Å²) in [5.74, 6) is 0.564. The number of piperazine rings is 1. The molecule has 0 saturated carbocycles. The highest BCUT2D eigenvalue weighted by atomic mass is 19.4. The Morgan fingerprint density at radius 3 is 2.31 bits per heavy atom. The van der Waals surface area contributed by atoms with E-state index in [1.165, 1.54) is 12.1 Å². The number of ether oxygens (including phenoxy) is 1. The maximum atomic E-state index is 12.6. The largest absolute Gasteiger partial charge is 0.497 e. The molecule has 29 heavy (non-hydrogen) atoms. The summed E-state index contributed by atoms with van der Waals surface area (Å²) in [6.07, 6.45) is -4.39. The van der Waals surface area contributed by atoms with Crippen LogP contribution in [0.1, 0.15) is 12.5 Å². The summed E-state index contributed by atoms with van der Waals surface area (Å²) in [5, 5.41) is 2.70. The molecule has 5 nitrogen and oxygen atoms in total. The van der Waals surface area contributed by atoms with Crippen molar-refractivity contribution < 1.29 is 22.7 Å². The number of carbonyl (C=O) groups is 1. The number of nitrogens with zero attached hydrogens (tertiary/aromatic N) is 2. The quantitative estimate of drug-likeness (QED) is 0.818. The van der Waals surface area contributed by atoms with Gasteiger partial charge in [-0.05, 0) is 43.3 Å². The van der Waals surface area contributed by atoms with Gasteiger partial charge in [0.25, 0.3) is 0 Å². The summed E-state index contributed by atoms with van der Waals surface area (Å²) in [5.41, 5.74) is 0.688.